The molecule has 0 unspecified atom stereocenters. The van der Waals surface area contributed by atoms with E-state index in [2.05, 4.69) is 6.92 Å². The fourth-order valence-corrected chi connectivity index (χ4v) is 1.66. The molecule has 0 aromatic rings. The Balaban J connectivity index is 2.08. The fourth-order valence-electron chi connectivity index (χ4n) is 1.66. The van der Waals surface area contributed by atoms with Crippen LogP contribution in [0.3, 0.4) is 0 Å². The molecule has 0 aromatic carbocycles. The normalized spacial score (nSPS) is 22.3. The molecule has 0 amide bonds. The average molecular weight is 128 g/mol. The fraction of sp³-hybridized carbons (Fsp3) is 1.00. The molecule has 1 aliphatic heterocycles. The summed E-state index contributed by atoms with van der Waals surface area (Å²) >= 11 is 0. The van der Waals surface area contributed by atoms with Gasteiger partial charge in [0.05, 0.1) is 19.6 Å². The molecule has 0 aromatic heterocycles. The molecule has 1 rings (SSSR count). The molecule has 1 fully saturated rings. The first-order valence-corrected chi connectivity index (χ1v) is 4.27. The van der Waals surface area contributed by atoms with Gasteiger partial charge in [0.1, 0.15) is 0 Å². The van der Waals surface area contributed by atoms with Crippen molar-refractivity contribution in [1.82, 2.24) is 0 Å². The Morgan fingerprint density at radius 1 is 1.11 bits per heavy atom. The maximum Gasteiger partial charge on any atom is 0.0770 e. The lowest BCUT2D eigenvalue weighted by molar-refractivity contribution is -0.904. The highest BCUT2D eigenvalue weighted by Crippen LogP contribution is 1.94. The molecule has 1 aliphatic rings. The summed E-state index contributed by atoms with van der Waals surface area (Å²) in [5.74, 6) is 0. The maximum absolute atomic E-state index is 2.28. The predicted octanol–water partition coefficient (Wildman–Crippen LogP) is 0.465. The number of hydrogen-bond donors (Lipinski definition) is 1. The van der Waals surface area contributed by atoms with Crippen LogP contribution in [0, 0.1) is 0 Å². The lowest BCUT2D eigenvalue weighted by Crippen LogP contribution is -3.12. The van der Waals surface area contributed by atoms with Crippen LogP contribution in [0.2, 0.25) is 0 Å². The summed E-state index contributed by atoms with van der Waals surface area (Å²) < 4.78 is 0. The first-order chi connectivity index (χ1) is 4.43. The van der Waals surface area contributed by atoms with Gasteiger partial charge in [0.2, 0.25) is 0 Å². The number of piperidine rings is 1. The average Bonchev–Trinajstić information content (AvgIpc) is 1.91. The Labute approximate surface area is 58.0 Å². The molecule has 1 N–H and O–H groups in total. The van der Waals surface area contributed by atoms with Gasteiger partial charge < -0.3 is 4.90 Å². The van der Waals surface area contributed by atoms with Crippen molar-refractivity contribution < 1.29 is 4.90 Å². The molecule has 9 heavy (non-hydrogen) atoms. The molecule has 0 bridgehead atoms. The van der Waals surface area contributed by atoms with E-state index >= 15 is 0 Å². The summed E-state index contributed by atoms with van der Waals surface area (Å²) in [6.07, 6.45) is 5.77. The van der Waals surface area contributed by atoms with Gasteiger partial charge in [-0.15, -0.1) is 0 Å². The van der Waals surface area contributed by atoms with E-state index in [1.807, 2.05) is 4.90 Å². The molecular weight excluding hydrogens is 110 g/mol. The van der Waals surface area contributed by atoms with E-state index in [4.69, 9.17) is 0 Å². The minimum Gasteiger partial charge on any atom is -0.335 e. The third-order valence-electron chi connectivity index (χ3n) is 2.16. The number of rotatable bonds is 2. The summed E-state index contributed by atoms with van der Waals surface area (Å²) in [5.41, 5.74) is 0. The first-order valence-electron chi connectivity index (χ1n) is 4.27. The van der Waals surface area contributed by atoms with Crippen LogP contribution in [0.1, 0.15) is 32.6 Å². The van der Waals surface area contributed by atoms with Crippen molar-refractivity contribution in [2.45, 2.75) is 32.6 Å². The molecular formula is C8H18N+. The monoisotopic (exact) mass is 128 g/mol. The number of likely N-dealkylation sites (tertiary alicyclic amines) is 1. The molecule has 1 heterocycles. The van der Waals surface area contributed by atoms with Crippen LogP contribution < -0.4 is 4.90 Å². The van der Waals surface area contributed by atoms with E-state index in [0.717, 1.165) is 0 Å². The number of hydrogen-bond acceptors (Lipinski definition) is 0. The van der Waals surface area contributed by atoms with Crippen molar-refractivity contribution in [3.05, 3.63) is 0 Å². The van der Waals surface area contributed by atoms with Crippen molar-refractivity contribution in [2.75, 3.05) is 19.6 Å². The van der Waals surface area contributed by atoms with Crippen molar-refractivity contribution in [2.24, 2.45) is 0 Å². The number of nitrogens with one attached hydrogen (secondary N) is 1. The summed E-state index contributed by atoms with van der Waals surface area (Å²) in [5, 5.41) is 0. The Bertz CT molecular complexity index is 62.2. The topological polar surface area (TPSA) is 4.44 Å². The molecule has 0 saturated carbocycles. The summed E-state index contributed by atoms with van der Waals surface area (Å²) in [6.45, 7) is 6.56. The molecule has 1 nitrogen and oxygen atoms in total. The van der Waals surface area contributed by atoms with E-state index < -0.39 is 0 Å². The Morgan fingerprint density at radius 2 is 1.78 bits per heavy atom. The minimum atomic E-state index is 1.36. The van der Waals surface area contributed by atoms with Gasteiger partial charge in [0.25, 0.3) is 0 Å². The number of quaternary nitrogens is 1. The Hall–Kier alpha value is -0.0400. The third kappa shape index (κ3) is 2.35. The van der Waals surface area contributed by atoms with E-state index in [9.17, 15) is 0 Å². The smallest absolute Gasteiger partial charge is 0.0770 e. The van der Waals surface area contributed by atoms with Crippen LogP contribution in [0.5, 0.6) is 0 Å². The van der Waals surface area contributed by atoms with Gasteiger partial charge >= 0.3 is 0 Å². The highest BCUT2D eigenvalue weighted by Gasteiger charge is 2.10. The van der Waals surface area contributed by atoms with Gasteiger partial charge in [0.15, 0.2) is 0 Å². The van der Waals surface area contributed by atoms with Gasteiger partial charge in [-0.25, -0.2) is 0 Å². The van der Waals surface area contributed by atoms with Crippen LogP contribution in [0.4, 0.5) is 0 Å². The molecule has 0 spiro atoms. The quantitative estimate of drug-likeness (QED) is 0.551. The van der Waals surface area contributed by atoms with Crippen LogP contribution >= 0.6 is 0 Å². The summed E-state index contributed by atoms with van der Waals surface area (Å²) in [7, 11) is 0. The van der Waals surface area contributed by atoms with Crippen molar-refractivity contribution in [1.29, 1.82) is 0 Å². The van der Waals surface area contributed by atoms with Gasteiger partial charge in [-0.3, -0.25) is 0 Å². The first kappa shape index (κ1) is 7.07. The molecule has 0 atom stereocenters. The highest BCUT2D eigenvalue weighted by molar-refractivity contribution is 4.45. The minimum absolute atomic E-state index is 1.36. The molecule has 0 aliphatic carbocycles. The van der Waals surface area contributed by atoms with E-state index in [1.54, 1.807) is 0 Å². The lowest BCUT2D eigenvalue weighted by atomic mass is 10.1. The van der Waals surface area contributed by atoms with Crippen LogP contribution in [-0.2, 0) is 0 Å². The maximum atomic E-state index is 2.28. The van der Waals surface area contributed by atoms with E-state index in [-0.39, 0.29) is 0 Å². The highest BCUT2D eigenvalue weighted by atomic mass is 15.1. The van der Waals surface area contributed by atoms with Crippen molar-refractivity contribution in [3.63, 3.8) is 0 Å². The second kappa shape index (κ2) is 3.89. The second-order valence-corrected chi connectivity index (χ2v) is 3.06. The molecule has 1 heteroatoms. The van der Waals surface area contributed by atoms with E-state index in [1.165, 1.54) is 45.3 Å². The van der Waals surface area contributed by atoms with Crippen molar-refractivity contribution >= 4 is 0 Å². The van der Waals surface area contributed by atoms with Crippen LogP contribution in [0.25, 0.3) is 0 Å². The van der Waals surface area contributed by atoms with Gasteiger partial charge in [-0.05, 0) is 25.7 Å². The van der Waals surface area contributed by atoms with E-state index in [0.29, 0.717) is 0 Å². The van der Waals surface area contributed by atoms with Crippen molar-refractivity contribution in [3.8, 4) is 0 Å². The lowest BCUT2D eigenvalue weighted by Gasteiger charge is -2.22. The van der Waals surface area contributed by atoms with Gasteiger partial charge in [-0.2, -0.15) is 0 Å². The zero-order valence-corrected chi connectivity index (χ0v) is 6.45. The second-order valence-electron chi connectivity index (χ2n) is 3.06. The van der Waals surface area contributed by atoms with Crippen LogP contribution in [0.15, 0.2) is 0 Å². The molecule has 1 saturated heterocycles. The molecule has 54 valence electrons. The summed E-state index contributed by atoms with van der Waals surface area (Å²) in [4.78, 5) is 1.84. The zero-order valence-electron chi connectivity index (χ0n) is 6.45. The standard InChI is InChI=1S/C8H17N/c1-2-6-9-7-4-3-5-8-9/h2-8H2,1H3/p+1. The SMILES string of the molecule is CCC[NH+]1CCCCC1. The predicted molar refractivity (Wildman–Crippen MR) is 39.7 cm³/mol. The zero-order chi connectivity index (χ0) is 6.53. The molecule has 0 radical (unpaired) electrons. The third-order valence-corrected chi connectivity index (χ3v) is 2.16. The van der Waals surface area contributed by atoms with Crippen LogP contribution in [-0.4, -0.2) is 19.6 Å². The van der Waals surface area contributed by atoms with Gasteiger partial charge in [0, 0.05) is 0 Å². The Kier molecular flexibility index (Phi) is 3.05. The summed E-state index contributed by atoms with van der Waals surface area (Å²) in [6, 6.07) is 0. The van der Waals surface area contributed by atoms with Gasteiger partial charge in [-0.1, -0.05) is 6.92 Å². The Morgan fingerprint density at radius 3 is 2.33 bits per heavy atom. The largest absolute Gasteiger partial charge is 0.335 e.